The summed E-state index contributed by atoms with van der Waals surface area (Å²) in [5, 5.41) is 0. The lowest BCUT2D eigenvalue weighted by Crippen LogP contribution is -2.44. The smallest absolute Gasteiger partial charge is 0.0149 e. The highest BCUT2D eigenvalue weighted by Gasteiger charge is 2.54. The number of fused-ring (bicyclic) bond motifs is 1. The standard InChI is InChI=1S/C19H34.C2H6.CH5N.CH4/c1-8-13(2)15-9-10-17-14(3)16(18(4,5)6)11-12-19(15,17)7;2*1-2;/h14-17H,2,8-12H2,1,3-7H3;1-2H3;2H2,1H3;1H4. The minimum atomic E-state index is 0. The molecule has 0 spiro atoms. The second kappa shape index (κ2) is 10.6. The Bertz CT molecular complexity index is 352. The zero-order valence-electron chi connectivity index (χ0n) is 17.6. The Hall–Kier alpha value is -0.300. The number of rotatable bonds is 2. The molecule has 0 aliphatic heterocycles. The molecule has 0 amide bonds. The van der Waals surface area contributed by atoms with Crippen LogP contribution in [0.15, 0.2) is 12.2 Å². The molecule has 5 atom stereocenters. The minimum Gasteiger partial charge on any atom is -0.333 e. The molecule has 1 heteroatoms. The Morgan fingerprint density at radius 3 is 2.04 bits per heavy atom. The van der Waals surface area contributed by atoms with Gasteiger partial charge in [-0.15, -0.1) is 0 Å². The lowest BCUT2D eigenvalue weighted by Gasteiger charge is -2.51. The molecule has 1 nitrogen and oxygen atoms in total. The third-order valence-corrected chi connectivity index (χ3v) is 6.73. The fourth-order valence-corrected chi connectivity index (χ4v) is 5.64. The normalized spacial score (nSPS) is 34.6. The van der Waals surface area contributed by atoms with E-state index < -0.39 is 0 Å². The Kier molecular flexibility index (Phi) is 11.5. The van der Waals surface area contributed by atoms with Crippen LogP contribution in [0, 0.1) is 34.5 Å². The average molecular weight is 340 g/mol. The predicted molar refractivity (Wildman–Crippen MR) is 113 cm³/mol. The van der Waals surface area contributed by atoms with Crippen LogP contribution in [0.4, 0.5) is 0 Å². The highest BCUT2D eigenvalue weighted by molar-refractivity contribution is 5.14. The molecular formula is C23H49N. The van der Waals surface area contributed by atoms with Crippen LogP contribution in [0.5, 0.6) is 0 Å². The van der Waals surface area contributed by atoms with Gasteiger partial charge in [-0.2, -0.15) is 0 Å². The highest BCUT2D eigenvalue weighted by atomic mass is 14.6. The van der Waals surface area contributed by atoms with Crippen LogP contribution >= 0.6 is 0 Å². The molecule has 2 fully saturated rings. The summed E-state index contributed by atoms with van der Waals surface area (Å²) < 4.78 is 0. The summed E-state index contributed by atoms with van der Waals surface area (Å²) in [6.07, 6.45) is 6.85. The molecule has 2 aliphatic carbocycles. The van der Waals surface area contributed by atoms with E-state index in [0.717, 1.165) is 23.7 Å². The fraction of sp³-hybridized carbons (Fsp3) is 0.913. The summed E-state index contributed by atoms with van der Waals surface area (Å²) in [6, 6.07) is 0. The van der Waals surface area contributed by atoms with Crippen molar-refractivity contribution in [3.8, 4) is 0 Å². The van der Waals surface area contributed by atoms with Crippen molar-refractivity contribution in [2.24, 2.45) is 40.2 Å². The van der Waals surface area contributed by atoms with Gasteiger partial charge in [-0.05, 0) is 73.7 Å². The Labute approximate surface area is 154 Å². The summed E-state index contributed by atoms with van der Waals surface area (Å²) in [7, 11) is 1.50. The van der Waals surface area contributed by atoms with Gasteiger partial charge in [0, 0.05) is 0 Å². The van der Waals surface area contributed by atoms with E-state index >= 15 is 0 Å². The lowest BCUT2D eigenvalue weighted by atomic mass is 9.53. The van der Waals surface area contributed by atoms with Gasteiger partial charge in [-0.3, -0.25) is 0 Å². The Morgan fingerprint density at radius 1 is 1.12 bits per heavy atom. The van der Waals surface area contributed by atoms with Crippen molar-refractivity contribution in [2.45, 2.75) is 94.9 Å². The van der Waals surface area contributed by atoms with Crippen molar-refractivity contribution in [1.82, 2.24) is 0 Å². The molecule has 24 heavy (non-hydrogen) atoms. The van der Waals surface area contributed by atoms with Crippen LogP contribution < -0.4 is 5.73 Å². The third kappa shape index (κ3) is 5.10. The molecule has 0 saturated heterocycles. The van der Waals surface area contributed by atoms with Gasteiger partial charge < -0.3 is 5.73 Å². The zero-order chi connectivity index (χ0) is 18.4. The van der Waals surface area contributed by atoms with E-state index in [1.165, 1.54) is 44.7 Å². The quantitative estimate of drug-likeness (QED) is 0.524. The Morgan fingerprint density at radius 2 is 1.62 bits per heavy atom. The van der Waals surface area contributed by atoms with Gasteiger partial charge >= 0.3 is 0 Å². The van der Waals surface area contributed by atoms with Crippen LogP contribution in [0.25, 0.3) is 0 Å². The molecule has 2 rings (SSSR count). The maximum absolute atomic E-state index is 4.50. The second-order valence-electron chi connectivity index (χ2n) is 8.62. The van der Waals surface area contributed by atoms with E-state index in [1.54, 1.807) is 0 Å². The van der Waals surface area contributed by atoms with Crippen molar-refractivity contribution < 1.29 is 0 Å². The van der Waals surface area contributed by atoms with E-state index in [4.69, 9.17) is 0 Å². The van der Waals surface area contributed by atoms with E-state index in [0.29, 0.717) is 10.8 Å². The lowest BCUT2D eigenvalue weighted by molar-refractivity contribution is -0.0140. The van der Waals surface area contributed by atoms with Crippen LogP contribution in [-0.4, -0.2) is 7.05 Å². The first kappa shape index (κ1) is 25.9. The van der Waals surface area contributed by atoms with Crippen molar-refractivity contribution >= 4 is 0 Å². The Balaban J connectivity index is 0. The number of hydrogen-bond donors (Lipinski definition) is 1. The predicted octanol–water partition coefficient (Wildman–Crippen LogP) is 7.31. The van der Waals surface area contributed by atoms with Gasteiger partial charge in [0.1, 0.15) is 0 Å². The van der Waals surface area contributed by atoms with E-state index in [2.05, 4.69) is 53.9 Å². The molecule has 0 aromatic carbocycles. The number of hydrogen-bond acceptors (Lipinski definition) is 1. The topological polar surface area (TPSA) is 26.0 Å². The third-order valence-electron chi connectivity index (χ3n) is 6.73. The van der Waals surface area contributed by atoms with E-state index in [1.807, 2.05) is 13.8 Å². The van der Waals surface area contributed by atoms with Gasteiger partial charge in [0.15, 0.2) is 0 Å². The molecule has 146 valence electrons. The maximum atomic E-state index is 4.50. The van der Waals surface area contributed by atoms with Gasteiger partial charge in [-0.25, -0.2) is 0 Å². The summed E-state index contributed by atoms with van der Waals surface area (Å²) in [5.74, 6) is 3.51. The number of nitrogens with two attached hydrogens (primary N) is 1. The van der Waals surface area contributed by atoms with Crippen molar-refractivity contribution in [3.63, 3.8) is 0 Å². The van der Waals surface area contributed by atoms with Crippen molar-refractivity contribution in [1.29, 1.82) is 0 Å². The van der Waals surface area contributed by atoms with Crippen molar-refractivity contribution in [3.05, 3.63) is 12.2 Å². The van der Waals surface area contributed by atoms with Crippen molar-refractivity contribution in [2.75, 3.05) is 7.05 Å². The summed E-state index contributed by atoms with van der Waals surface area (Å²) in [6.45, 7) is 23.1. The van der Waals surface area contributed by atoms with E-state index in [9.17, 15) is 0 Å². The monoisotopic (exact) mass is 339 g/mol. The first-order chi connectivity index (χ1) is 10.7. The number of allylic oxidation sites excluding steroid dienone is 1. The van der Waals surface area contributed by atoms with E-state index in [-0.39, 0.29) is 7.43 Å². The van der Waals surface area contributed by atoms with Gasteiger partial charge in [-0.1, -0.05) is 75.0 Å². The summed E-state index contributed by atoms with van der Waals surface area (Å²) in [4.78, 5) is 0. The fourth-order valence-electron chi connectivity index (χ4n) is 5.64. The SMILES string of the molecule is C.C=C(CC)C1CCC2C(C)C(C(C)(C)C)CCC12C.CC.CN. The van der Waals surface area contributed by atoms with Gasteiger partial charge in [0.05, 0.1) is 0 Å². The maximum Gasteiger partial charge on any atom is -0.0149 e. The molecule has 0 aromatic heterocycles. The summed E-state index contributed by atoms with van der Waals surface area (Å²) >= 11 is 0. The zero-order valence-corrected chi connectivity index (χ0v) is 17.6. The average Bonchev–Trinajstić information content (AvgIpc) is 2.87. The first-order valence-corrected chi connectivity index (χ1v) is 9.97. The van der Waals surface area contributed by atoms with Crippen LogP contribution in [0.2, 0.25) is 0 Å². The molecule has 5 unspecified atom stereocenters. The molecule has 2 aliphatic rings. The summed E-state index contributed by atoms with van der Waals surface area (Å²) in [5.41, 5.74) is 7.04. The molecule has 2 N–H and O–H groups in total. The minimum absolute atomic E-state index is 0. The molecule has 0 aromatic rings. The van der Waals surface area contributed by atoms with Gasteiger partial charge in [0.25, 0.3) is 0 Å². The molecule has 0 radical (unpaired) electrons. The first-order valence-electron chi connectivity index (χ1n) is 9.97. The van der Waals surface area contributed by atoms with Crippen LogP contribution in [-0.2, 0) is 0 Å². The molecule has 2 saturated carbocycles. The molecule has 0 heterocycles. The molecular weight excluding hydrogens is 290 g/mol. The van der Waals surface area contributed by atoms with Gasteiger partial charge in [0.2, 0.25) is 0 Å². The highest BCUT2D eigenvalue weighted by Crippen LogP contribution is 2.62. The second-order valence-corrected chi connectivity index (χ2v) is 8.62. The van der Waals surface area contributed by atoms with Crippen LogP contribution in [0.3, 0.4) is 0 Å². The largest absolute Gasteiger partial charge is 0.333 e. The molecule has 0 bridgehead atoms. The van der Waals surface area contributed by atoms with Crippen LogP contribution in [0.1, 0.15) is 94.9 Å².